The molecule has 3 aromatic rings. The van der Waals surface area contributed by atoms with Crippen LogP contribution in [0, 0.1) is 5.92 Å². The first-order valence-electron chi connectivity index (χ1n) is 9.97. The molecule has 2 aromatic heterocycles. The van der Waals surface area contributed by atoms with Crippen molar-refractivity contribution in [3.05, 3.63) is 69.3 Å². The smallest absolute Gasteiger partial charge is 0.259 e. The first kappa shape index (κ1) is 20.7. The Morgan fingerprint density at radius 1 is 1.30 bits per heavy atom. The van der Waals surface area contributed by atoms with Crippen molar-refractivity contribution in [2.24, 2.45) is 5.92 Å². The van der Waals surface area contributed by atoms with Gasteiger partial charge in [0.15, 0.2) is 0 Å². The number of carbonyl (C=O) groups is 1. The minimum Gasteiger partial charge on any atom is -0.495 e. The van der Waals surface area contributed by atoms with Gasteiger partial charge in [-0.05, 0) is 66.6 Å². The lowest BCUT2D eigenvalue weighted by Gasteiger charge is -2.19. The normalized spacial score (nSPS) is 15.4. The zero-order valence-electron chi connectivity index (χ0n) is 17.0. The van der Waals surface area contributed by atoms with Gasteiger partial charge in [-0.25, -0.2) is 0 Å². The van der Waals surface area contributed by atoms with Crippen LogP contribution in [0.15, 0.2) is 42.7 Å². The number of benzene rings is 1. The molecule has 0 fully saturated rings. The predicted octanol–water partition coefficient (Wildman–Crippen LogP) is 5.79. The first-order valence-corrected chi connectivity index (χ1v) is 11.2. The monoisotopic (exact) mass is 441 g/mol. The maximum atomic E-state index is 13.4. The van der Waals surface area contributed by atoms with Gasteiger partial charge >= 0.3 is 0 Å². The number of hydrogen-bond donors (Lipinski definition) is 2. The highest BCUT2D eigenvalue weighted by atomic mass is 35.5. The lowest BCUT2D eigenvalue weighted by molar-refractivity contribution is 0.102. The Morgan fingerprint density at radius 3 is 2.87 bits per heavy atom. The molecule has 1 unspecified atom stereocenters. The summed E-state index contributed by atoms with van der Waals surface area (Å²) in [7, 11) is 1.58. The quantitative estimate of drug-likeness (QED) is 0.507. The van der Waals surface area contributed by atoms with Gasteiger partial charge in [0, 0.05) is 28.8 Å². The SMILES string of the molecule is COc1ccc(Cl)cc1NC(=O)c1c(NCc2ccncc2)sc2c1CCC(C)C2. The molecule has 0 saturated carbocycles. The van der Waals surface area contributed by atoms with E-state index in [2.05, 4.69) is 22.5 Å². The summed E-state index contributed by atoms with van der Waals surface area (Å²) < 4.78 is 5.39. The second-order valence-corrected chi connectivity index (χ2v) is 9.11. The van der Waals surface area contributed by atoms with E-state index < -0.39 is 0 Å². The third-order valence-corrected chi connectivity index (χ3v) is 6.80. The van der Waals surface area contributed by atoms with E-state index in [1.807, 2.05) is 12.1 Å². The summed E-state index contributed by atoms with van der Waals surface area (Å²) in [6.45, 7) is 2.90. The lowest BCUT2D eigenvalue weighted by Crippen LogP contribution is -2.18. The molecule has 30 heavy (non-hydrogen) atoms. The van der Waals surface area contributed by atoms with Crippen molar-refractivity contribution in [3.63, 3.8) is 0 Å². The molecule has 1 amide bonds. The Labute approximate surface area is 185 Å². The zero-order chi connectivity index (χ0) is 21.1. The summed E-state index contributed by atoms with van der Waals surface area (Å²) in [5.74, 6) is 1.07. The fraction of sp³-hybridized carbons (Fsp3) is 0.304. The van der Waals surface area contributed by atoms with Gasteiger partial charge in [-0.3, -0.25) is 9.78 Å². The molecule has 5 nitrogen and oxygen atoms in total. The molecule has 1 aliphatic rings. The van der Waals surface area contributed by atoms with E-state index in [-0.39, 0.29) is 5.91 Å². The van der Waals surface area contributed by atoms with E-state index in [1.54, 1.807) is 49.0 Å². The van der Waals surface area contributed by atoms with Crippen LogP contribution in [0.3, 0.4) is 0 Å². The molecule has 2 N–H and O–H groups in total. The minimum atomic E-state index is -0.139. The van der Waals surface area contributed by atoms with Gasteiger partial charge in [-0.1, -0.05) is 18.5 Å². The Kier molecular flexibility index (Phi) is 6.25. The van der Waals surface area contributed by atoms with Crippen molar-refractivity contribution in [3.8, 4) is 5.75 Å². The van der Waals surface area contributed by atoms with E-state index in [0.717, 1.165) is 41.0 Å². The summed E-state index contributed by atoms with van der Waals surface area (Å²) in [4.78, 5) is 18.8. The van der Waals surface area contributed by atoms with Crippen LogP contribution in [0.4, 0.5) is 10.7 Å². The van der Waals surface area contributed by atoms with E-state index in [0.29, 0.717) is 28.9 Å². The number of amides is 1. The van der Waals surface area contributed by atoms with Gasteiger partial charge in [-0.2, -0.15) is 0 Å². The number of hydrogen-bond acceptors (Lipinski definition) is 5. The third kappa shape index (κ3) is 4.45. The fourth-order valence-corrected chi connectivity index (χ4v) is 5.34. The van der Waals surface area contributed by atoms with Crippen LogP contribution in [0.1, 0.15) is 39.7 Å². The summed E-state index contributed by atoms with van der Waals surface area (Å²) in [6.07, 6.45) is 6.57. The predicted molar refractivity (Wildman–Crippen MR) is 123 cm³/mol. The highest BCUT2D eigenvalue weighted by Gasteiger charge is 2.28. The highest BCUT2D eigenvalue weighted by molar-refractivity contribution is 7.16. The van der Waals surface area contributed by atoms with Crippen molar-refractivity contribution in [2.45, 2.75) is 32.7 Å². The summed E-state index contributed by atoms with van der Waals surface area (Å²) in [6, 6.07) is 9.15. The Bertz CT molecular complexity index is 1050. The second-order valence-electron chi connectivity index (χ2n) is 7.56. The molecule has 1 atom stereocenters. The molecule has 0 bridgehead atoms. The van der Waals surface area contributed by atoms with Gasteiger partial charge < -0.3 is 15.4 Å². The molecular weight excluding hydrogens is 418 g/mol. The van der Waals surface area contributed by atoms with Crippen molar-refractivity contribution < 1.29 is 9.53 Å². The number of rotatable bonds is 6. The number of halogens is 1. The molecule has 1 aliphatic carbocycles. The maximum Gasteiger partial charge on any atom is 0.259 e. The van der Waals surface area contributed by atoms with Gasteiger partial charge in [0.25, 0.3) is 5.91 Å². The number of fused-ring (bicyclic) bond motifs is 1. The average molecular weight is 442 g/mol. The number of nitrogens with one attached hydrogen (secondary N) is 2. The van der Waals surface area contributed by atoms with E-state index in [4.69, 9.17) is 16.3 Å². The van der Waals surface area contributed by atoms with Crippen LogP contribution in [0.2, 0.25) is 5.02 Å². The van der Waals surface area contributed by atoms with Crippen molar-refractivity contribution in [1.29, 1.82) is 0 Å². The standard InChI is InChI=1S/C23H24ClN3O2S/c1-14-3-5-17-20(11-14)30-23(26-13-15-7-9-25-10-8-15)21(17)22(28)27-18-12-16(24)4-6-19(18)29-2/h4,6-10,12,14,26H,3,5,11,13H2,1-2H3,(H,27,28). The number of carbonyl (C=O) groups excluding carboxylic acids is 1. The maximum absolute atomic E-state index is 13.4. The Hall–Kier alpha value is -2.57. The van der Waals surface area contributed by atoms with Crippen molar-refractivity contribution >= 4 is 39.5 Å². The lowest BCUT2D eigenvalue weighted by atomic mass is 9.88. The van der Waals surface area contributed by atoms with Crippen LogP contribution in [-0.2, 0) is 19.4 Å². The third-order valence-electron chi connectivity index (χ3n) is 5.35. The molecular formula is C23H24ClN3O2S. The highest BCUT2D eigenvalue weighted by Crippen LogP contribution is 2.40. The van der Waals surface area contributed by atoms with Gasteiger partial charge in [0.2, 0.25) is 0 Å². The number of anilines is 2. The van der Waals surface area contributed by atoms with Gasteiger partial charge in [0.05, 0.1) is 18.4 Å². The molecule has 0 radical (unpaired) electrons. The zero-order valence-corrected chi connectivity index (χ0v) is 18.6. The minimum absolute atomic E-state index is 0.139. The average Bonchev–Trinajstić information content (AvgIpc) is 3.10. The van der Waals surface area contributed by atoms with E-state index >= 15 is 0 Å². The topological polar surface area (TPSA) is 63.2 Å². The summed E-state index contributed by atoms with van der Waals surface area (Å²) in [5.41, 5.74) is 3.58. The first-order chi connectivity index (χ1) is 14.5. The number of pyridine rings is 1. The van der Waals surface area contributed by atoms with Crippen molar-refractivity contribution in [2.75, 3.05) is 17.7 Å². The van der Waals surface area contributed by atoms with Crippen LogP contribution < -0.4 is 15.4 Å². The Morgan fingerprint density at radius 2 is 2.10 bits per heavy atom. The van der Waals surface area contributed by atoms with E-state index in [1.165, 1.54) is 4.88 Å². The molecule has 1 aromatic carbocycles. The largest absolute Gasteiger partial charge is 0.495 e. The molecule has 4 rings (SSSR count). The van der Waals surface area contributed by atoms with Crippen LogP contribution in [0.25, 0.3) is 0 Å². The van der Waals surface area contributed by atoms with E-state index in [9.17, 15) is 4.79 Å². The molecule has 0 spiro atoms. The molecule has 156 valence electrons. The van der Waals surface area contributed by atoms with Crippen LogP contribution >= 0.6 is 22.9 Å². The number of aromatic nitrogens is 1. The van der Waals surface area contributed by atoms with Crippen LogP contribution in [-0.4, -0.2) is 18.0 Å². The fourth-order valence-electron chi connectivity index (χ4n) is 3.76. The molecule has 0 saturated heterocycles. The molecule has 2 heterocycles. The van der Waals surface area contributed by atoms with Gasteiger partial charge in [-0.15, -0.1) is 11.3 Å². The van der Waals surface area contributed by atoms with Crippen molar-refractivity contribution in [1.82, 2.24) is 4.98 Å². The second kappa shape index (κ2) is 9.06. The summed E-state index contributed by atoms with van der Waals surface area (Å²) in [5, 5.41) is 7.95. The Balaban J connectivity index is 1.65. The summed E-state index contributed by atoms with van der Waals surface area (Å²) >= 11 is 7.83. The van der Waals surface area contributed by atoms with Crippen LogP contribution in [0.5, 0.6) is 5.75 Å². The number of ether oxygens (including phenoxy) is 1. The number of methoxy groups -OCH3 is 1. The molecule has 7 heteroatoms. The number of thiophene rings is 1. The number of nitrogens with zero attached hydrogens (tertiary/aromatic N) is 1. The van der Waals surface area contributed by atoms with Gasteiger partial charge in [0.1, 0.15) is 10.8 Å². The molecule has 0 aliphatic heterocycles.